The summed E-state index contributed by atoms with van der Waals surface area (Å²) in [6.07, 6.45) is 19.4. The molecular weight excluding hydrogens is 446 g/mol. The number of carbonyl (C=O) groups is 1. The van der Waals surface area contributed by atoms with E-state index < -0.39 is 6.23 Å². The van der Waals surface area contributed by atoms with E-state index in [1.165, 1.54) is 83.5 Å². The van der Waals surface area contributed by atoms with Crippen LogP contribution >= 0.6 is 0 Å². The zero-order valence-electron chi connectivity index (χ0n) is 22.2. The highest BCUT2D eigenvalue weighted by Gasteiger charge is 2.25. The Morgan fingerprint density at radius 1 is 0.722 bits per heavy atom. The number of ether oxygens (including phenoxy) is 1. The third kappa shape index (κ3) is 9.75. The zero-order valence-corrected chi connectivity index (χ0v) is 22.2. The Morgan fingerprint density at radius 3 is 1.86 bits per heavy atom. The molecule has 1 aromatic heterocycles. The summed E-state index contributed by atoms with van der Waals surface area (Å²) in [5.41, 5.74) is 1.57. The van der Waals surface area contributed by atoms with E-state index in [9.17, 15) is 4.79 Å². The Hall–Kier alpha value is -2.69. The maximum atomic E-state index is 13.2. The summed E-state index contributed by atoms with van der Waals surface area (Å²) in [5.74, 6) is 0.705. The van der Waals surface area contributed by atoms with Crippen molar-refractivity contribution in [2.75, 3.05) is 0 Å². The highest BCUT2D eigenvalue weighted by Crippen LogP contribution is 2.23. The van der Waals surface area contributed by atoms with Crippen LogP contribution in [0.5, 0.6) is 5.75 Å². The van der Waals surface area contributed by atoms with Crippen molar-refractivity contribution in [1.29, 1.82) is 0 Å². The molecule has 3 aromatic rings. The average Bonchev–Trinajstić information content (AvgIpc) is 3.34. The number of fused-ring (bicyclic) bond motifs is 1. The van der Waals surface area contributed by atoms with Gasteiger partial charge in [0.25, 0.3) is 6.23 Å². The summed E-state index contributed by atoms with van der Waals surface area (Å²) in [5, 5.41) is 8.48. The van der Waals surface area contributed by atoms with Crippen LogP contribution in [0.4, 0.5) is 0 Å². The lowest BCUT2D eigenvalue weighted by Gasteiger charge is -2.18. The van der Waals surface area contributed by atoms with Gasteiger partial charge in [0.15, 0.2) is 5.78 Å². The first-order valence-electron chi connectivity index (χ1n) is 14.3. The first-order valence-corrected chi connectivity index (χ1v) is 14.3. The molecule has 196 valence electrons. The van der Waals surface area contributed by atoms with E-state index in [-0.39, 0.29) is 5.78 Å². The fourth-order valence-corrected chi connectivity index (χ4v) is 4.73. The minimum atomic E-state index is -0.800. The van der Waals surface area contributed by atoms with E-state index in [0.717, 1.165) is 23.9 Å². The summed E-state index contributed by atoms with van der Waals surface area (Å²) >= 11 is 0. The second kappa shape index (κ2) is 16.9. The first-order chi connectivity index (χ1) is 17.8. The molecule has 36 heavy (non-hydrogen) atoms. The third-order valence-corrected chi connectivity index (χ3v) is 6.89. The number of unbranched alkanes of at least 4 members (excludes halogenated alkanes) is 14. The van der Waals surface area contributed by atoms with Gasteiger partial charge in [-0.25, -0.2) is 0 Å². The maximum absolute atomic E-state index is 13.2. The number of Topliss-reactive ketones (excluding diaryl/α,β-unsaturated/α-hetero) is 1. The molecule has 3 rings (SSSR count). The molecule has 0 amide bonds. The fraction of sp³-hybridized carbons (Fsp3) is 0.581. The summed E-state index contributed by atoms with van der Waals surface area (Å²) in [6.45, 7) is 2.28. The van der Waals surface area contributed by atoms with Crippen molar-refractivity contribution in [2.45, 2.75) is 116 Å². The molecule has 0 N–H and O–H groups in total. The monoisotopic (exact) mass is 491 g/mol. The number of ketones is 1. The normalized spacial score (nSPS) is 12.1. The summed E-state index contributed by atoms with van der Waals surface area (Å²) in [7, 11) is 0. The van der Waals surface area contributed by atoms with E-state index in [1.54, 1.807) is 4.68 Å². The van der Waals surface area contributed by atoms with Crippen molar-refractivity contribution in [3.8, 4) is 5.75 Å². The predicted molar refractivity (Wildman–Crippen MR) is 148 cm³/mol. The van der Waals surface area contributed by atoms with Gasteiger partial charge in [0.1, 0.15) is 11.3 Å². The quantitative estimate of drug-likeness (QED) is 0.148. The maximum Gasteiger partial charge on any atom is 0.252 e. The van der Waals surface area contributed by atoms with Crippen LogP contribution in [0, 0.1) is 0 Å². The van der Waals surface area contributed by atoms with Gasteiger partial charge < -0.3 is 4.74 Å². The minimum Gasteiger partial charge on any atom is -0.461 e. The van der Waals surface area contributed by atoms with Crippen LogP contribution in [0.1, 0.15) is 116 Å². The van der Waals surface area contributed by atoms with Crippen molar-refractivity contribution in [3.05, 3.63) is 54.6 Å². The molecule has 0 fully saturated rings. The number of nitrogens with zero attached hydrogens (tertiary/aromatic N) is 3. The van der Waals surface area contributed by atoms with Gasteiger partial charge in [0.05, 0.1) is 5.52 Å². The van der Waals surface area contributed by atoms with E-state index >= 15 is 0 Å². The number of rotatable bonds is 20. The van der Waals surface area contributed by atoms with Gasteiger partial charge in [-0.15, -0.1) is 5.10 Å². The highest BCUT2D eigenvalue weighted by molar-refractivity contribution is 5.84. The van der Waals surface area contributed by atoms with Crippen molar-refractivity contribution in [3.63, 3.8) is 0 Å². The molecule has 5 nitrogen and oxygen atoms in total. The predicted octanol–water partition coefficient (Wildman–Crippen LogP) is 8.84. The molecule has 5 heteroatoms. The smallest absolute Gasteiger partial charge is 0.252 e. The third-order valence-electron chi connectivity index (χ3n) is 6.89. The number of aromatic nitrogens is 3. The second-order valence-electron chi connectivity index (χ2n) is 9.97. The molecule has 0 bridgehead atoms. The zero-order chi connectivity index (χ0) is 25.3. The molecule has 0 saturated carbocycles. The Balaban J connectivity index is 1.32. The number of para-hydroxylation sites is 2. The van der Waals surface area contributed by atoms with Crippen LogP contribution in [0.25, 0.3) is 11.0 Å². The number of hydrogen-bond acceptors (Lipinski definition) is 4. The van der Waals surface area contributed by atoms with Crippen molar-refractivity contribution in [2.24, 2.45) is 0 Å². The lowest BCUT2D eigenvalue weighted by molar-refractivity contribution is -0.130. The van der Waals surface area contributed by atoms with Crippen LogP contribution in [-0.4, -0.2) is 20.8 Å². The molecule has 1 atom stereocenters. The second-order valence-corrected chi connectivity index (χ2v) is 9.97. The van der Waals surface area contributed by atoms with E-state index in [0.29, 0.717) is 12.2 Å². The van der Waals surface area contributed by atoms with Crippen LogP contribution in [0.15, 0.2) is 54.6 Å². The number of hydrogen-bond donors (Lipinski definition) is 0. The van der Waals surface area contributed by atoms with Gasteiger partial charge >= 0.3 is 0 Å². The number of carbonyl (C=O) groups excluding carboxylic acids is 1. The topological polar surface area (TPSA) is 57.0 Å². The van der Waals surface area contributed by atoms with E-state index in [2.05, 4.69) is 17.2 Å². The highest BCUT2D eigenvalue weighted by atomic mass is 16.5. The Bertz CT molecular complexity index is 986. The Kier molecular flexibility index (Phi) is 13.1. The molecule has 1 unspecified atom stereocenters. The summed E-state index contributed by atoms with van der Waals surface area (Å²) in [4.78, 5) is 13.2. The molecule has 0 aliphatic heterocycles. The van der Waals surface area contributed by atoms with Crippen LogP contribution in [0.3, 0.4) is 0 Å². The van der Waals surface area contributed by atoms with Gasteiger partial charge in [-0.1, -0.05) is 132 Å². The van der Waals surface area contributed by atoms with Crippen LogP contribution < -0.4 is 4.74 Å². The minimum absolute atomic E-state index is 0.0456. The van der Waals surface area contributed by atoms with Crippen molar-refractivity contribution >= 4 is 16.8 Å². The van der Waals surface area contributed by atoms with Gasteiger partial charge in [0.2, 0.25) is 0 Å². The molecule has 0 spiro atoms. The number of benzene rings is 2. The molecule has 0 saturated heterocycles. The molecule has 1 heterocycles. The average molecular weight is 492 g/mol. The fourth-order valence-electron chi connectivity index (χ4n) is 4.73. The van der Waals surface area contributed by atoms with Gasteiger partial charge in [-0.05, 0) is 30.7 Å². The Morgan fingerprint density at radius 2 is 1.25 bits per heavy atom. The van der Waals surface area contributed by atoms with Crippen molar-refractivity contribution in [1.82, 2.24) is 15.0 Å². The summed E-state index contributed by atoms with van der Waals surface area (Å²) in [6, 6.07) is 17.2. The van der Waals surface area contributed by atoms with Gasteiger partial charge in [0, 0.05) is 6.42 Å². The van der Waals surface area contributed by atoms with E-state index in [4.69, 9.17) is 4.74 Å². The lowest BCUT2D eigenvalue weighted by atomic mass is 10.0. The van der Waals surface area contributed by atoms with Crippen molar-refractivity contribution < 1.29 is 9.53 Å². The molecule has 0 aliphatic rings. The van der Waals surface area contributed by atoms with Crippen LogP contribution in [0.2, 0.25) is 0 Å². The standard InChI is InChI=1S/C31H45N3O2/c1-2-3-4-5-6-7-8-9-10-11-12-13-14-15-19-26-30(35)31(36-27-22-17-16-18-23-27)34-29-25-21-20-24-28(29)32-33-34/h16-18,20-25,31H,2-15,19,26H2,1H3. The lowest BCUT2D eigenvalue weighted by Crippen LogP contribution is -2.26. The molecular formula is C31H45N3O2. The van der Waals surface area contributed by atoms with Crippen LogP contribution in [-0.2, 0) is 4.79 Å². The van der Waals surface area contributed by atoms with Gasteiger partial charge in [-0.2, -0.15) is 4.68 Å². The molecule has 0 radical (unpaired) electrons. The largest absolute Gasteiger partial charge is 0.461 e. The van der Waals surface area contributed by atoms with E-state index in [1.807, 2.05) is 54.6 Å². The molecule has 2 aromatic carbocycles. The summed E-state index contributed by atoms with van der Waals surface area (Å²) < 4.78 is 7.74. The SMILES string of the molecule is CCCCCCCCCCCCCCCCCC(=O)C(Oc1ccccc1)n1nnc2ccccc21. The first kappa shape index (κ1) is 27.9. The van der Waals surface area contributed by atoms with Gasteiger partial charge in [-0.3, -0.25) is 4.79 Å². The Labute approximate surface area is 217 Å². The molecule has 0 aliphatic carbocycles.